The van der Waals surface area contributed by atoms with E-state index in [1.54, 1.807) is 6.07 Å². The Kier molecular flexibility index (Phi) is 4.86. The molecule has 0 spiro atoms. The molecule has 110 valence electrons. The summed E-state index contributed by atoms with van der Waals surface area (Å²) >= 11 is 1.28. The van der Waals surface area contributed by atoms with Crippen molar-refractivity contribution in [3.05, 3.63) is 28.7 Å². The van der Waals surface area contributed by atoms with Crippen LogP contribution in [0.4, 0.5) is 0 Å². The lowest BCUT2D eigenvalue weighted by Gasteiger charge is -2.02. The third-order valence-corrected chi connectivity index (χ3v) is 5.80. The van der Waals surface area contributed by atoms with Crippen molar-refractivity contribution in [3.63, 3.8) is 0 Å². The maximum atomic E-state index is 12.2. The maximum Gasteiger partial charge on any atom is 0.250 e. The predicted octanol–water partition coefficient (Wildman–Crippen LogP) is 0.763. The van der Waals surface area contributed by atoms with Gasteiger partial charge in [0.15, 0.2) is 0 Å². The molecule has 0 amide bonds. The lowest BCUT2D eigenvalue weighted by molar-refractivity contribution is 0.581. The fourth-order valence-electron chi connectivity index (χ4n) is 1.59. The van der Waals surface area contributed by atoms with Crippen molar-refractivity contribution in [3.8, 4) is 0 Å². The van der Waals surface area contributed by atoms with Crippen molar-refractivity contribution < 1.29 is 8.42 Å². The van der Waals surface area contributed by atoms with Crippen molar-refractivity contribution >= 4 is 21.4 Å². The molecule has 0 atom stereocenters. The Labute approximate surface area is 121 Å². The van der Waals surface area contributed by atoms with Crippen LogP contribution >= 0.6 is 11.3 Å². The van der Waals surface area contributed by atoms with E-state index in [0.717, 1.165) is 17.0 Å². The van der Waals surface area contributed by atoms with Gasteiger partial charge < -0.3 is 5.32 Å². The van der Waals surface area contributed by atoms with Crippen LogP contribution in [0.1, 0.15) is 23.2 Å². The minimum atomic E-state index is -3.51. The van der Waals surface area contributed by atoms with Crippen LogP contribution in [0.3, 0.4) is 0 Å². The summed E-state index contributed by atoms with van der Waals surface area (Å²) in [6.45, 7) is 5.56. The Balaban J connectivity index is 2.09. The predicted molar refractivity (Wildman–Crippen MR) is 76.8 cm³/mol. The highest BCUT2D eigenvalue weighted by Gasteiger charge is 2.18. The zero-order valence-corrected chi connectivity index (χ0v) is 12.9. The van der Waals surface area contributed by atoms with Crippen LogP contribution in [-0.2, 0) is 23.1 Å². The van der Waals surface area contributed by atoms with E-state index in [0.29, 0.717) is 16.6 Å². The molecule has 0 radical (unpaired) electrons. The van der Waals surface area contributed by atoms with Gasteiger partial charge in [0.25, 0.3) is 0 Å². The van der Waals surface area contributed by atoms with Crippen LogP contribution < -0.4 is 10.0 Å². The molecule has 0 aliphatic rings. The van der Waals surface area contributed by atoms with Crippen LogP contribution in [0.2, 0.25) is 0 Å². The highest BCUT2D eigenvalue weighted by molar-refractivity contribution is 7.91. The summed E-state index contributed by atoms with van der Waals surface area (Å²) < 4.78 is 27.2. The van der Waals surface area contributed by atoms with E-state index in [2.05, 4.69) is 25.2 Å². The zero-order valence-electron chi connectivity index (χ0n) is 11.3. The third kappa shape index (κ3) is 3.63. The maximum absolute atomic E-state index is 12.2. The van der Waals surface area contributed by atoms with Gasteiger partial charge >= 0.3 is 0 Å². The largest absolute Gasteiger partial charge is 0.312 e. The molecule has 3 N–H and O–H groups in total. The van der Waals surface area contributed by atoms with Gasteiger partial charge in [-0.25, -0.2) is 18.1 Å². The van der Waals surface area contributed by atoms with Gasteiger partial charge in [0, 0.05) is 11.4 Å². The highest BCUT2D eigenvalue weighted by atomic mass is 32.2. The SMILES string of the molecule is CCNCc1sc(S(=O)(=O)NCc2ncn[nH]2)cc1C. The van der Waals surface area contributed by atoms with Gasteiger partial charge in [-0.1, -0.05) is 6.92 Å². The summed E-state index contributed by atoms with van der Waals surface area (Å²) in [6, 6.07) is 1.69. The molecule has 2 aromatic rings. The number of nitrogens with one attached hydrogen (secondary N) is 3. The summed E-state index contributed by atoms with van der Waals surface area (Å²) in [5, 5.41) is 9.48. The van der Waals surface area contributed by atoms with Gasteiger partial charge in [-0.15, -0.1) is 11.3 Å². The van der Waals surface area contributed by atoms with Crippen LogP contribution in [-0.4, -0.2) is 30.1 Å². The Morgan fingerprint density at radius 2 is 2.20 bits per heavy atom. The monoisotopic (exact) mass is 315 g/mol. The van der Waals surface area contributed by atoms with E-state index in [1.807, 2.05) is 13.8 Å². The smallest absolute Gasteiger partial charge is 0.250 e. The Morgan fingerprint density at radius 3 is 2.85 bits per heavy atom. The second kappa shape index (κ2) is 6.44. The number of H-pyrrole nitrogens is 1. The zero-order chi connectivity index (χ0) is 14.6. The molecule has 0 aliphatic heterocycles. The molecular formula is C11H17N5O2S2. The first-order valence-electron chi connectivity index (χ1n) is 6.17. The second-order valence-corrected chi connectivity index (χ2v) is 7.34. The Bertz CT molecular complexity index is 648. The number of rotatable bonds is 7. The first kappa shape index (κ1) is 15.1. The first-order chi connectivity index (χ1) is 9.53. The lowest BCUT2D eigenvalue weighted by atomic mass is 10.3. The number of aromatic amines is 1. The van der Waals surface area contributed by atoms with E-state index in [-0.39, 0.29) is 6.54 Å². The Hall–Kier alpha value is -1.29. The number of sulfonamides is 1. The summed E-state index contributed by atoms with van der Waals surface area (Å²) in [6.07, 6.45) is 1.34. The molecule has 2 rings (SSSR count). The highest BCUT2D eigenvalue weighted by Crippen LogP contribution is 2.25. The molecule has 0 aliphatic carbocycles. The molecule has 0 bridgehead atoms. The summed E-state index contributed by atoms with van der Waals surface area (Å²) in [7, 11) is -3.51. The molecule has 0 saturated heterocycles. The molecule has 7 nitrogen and oxygen atoms in total. The molecule has 2 heterocycles. The Morgan fingerprint density at radius 1 is 1.40 bits per heavy atom. The van der Waals surface area contributed by atoms with Crippen molar-refractivity contribution in [2.45, 2.75) is 31.1 Å². The minimum absolute atomic E-state index is 0.0990. The van der Waals surface area contributed by atoms with E-state index in [4.69, 9.17) is 0 Å². The van der Waals surface area contributed by atoms with E-state index in [1.165, 1.54) is 17.7 Å². The van der Waals surface area contributed by atoms with Crippen LogP contribution in [0.15, 0.2) is 16.6 Å². The summed E-state index contributed by atoms with van der Waals surface area (Å²) in [4.78, 5) is 4.91. The van der Waals surface area contributed by atoms with Gasteiger partial charge in [0.1, 0.15) is 16.4 Å². The number of aromatic nitrogens is 3. The van der Waals surface area contributed by atoms with Crippen molar-refractivity contribution in [2.24, 2.45) is 0 Å². The fraction of sp³-hybridized carbons (Fsp3) is 0.455. The second-order valence-electron chi connectivity index (χ2n) is 4.21. The van der Waals surface area contributed by atoms with Gasteiger partial charge in [0.2, 0.25) is 10.0 Å². The average molecular weight is 315 g/mol. The van der Waals surface area contributed by atoms with Gasteiger partial charge in [-0.05, 0) is 25.1 Å². The third-order valence-electron chi connectivity index (χ3n) is 2.69. The molecule has 2 aromatic heterocycles. The number of thiophene rings is 1. The molecule has 9 heteroatoms. The molecule has 0 fully saturated rings. The normalized spacial score (nSPS) is 11.9. The number of nitrogens with zero attached hydrogens (tertiary/aromatic N) is 2. The molecule has 20 heavy (non-hydrogen) atoms. The lowest BCUT2D eigenvalue weighted by Crippen LogP contribution is -2.23. The molecule has 0 unspecified atom stereocenters. The summed E-state index contributed by atoms with van der Waals surface area (Å²) in [5.41, 5.74) is 0.982. The van der Waals surface area contributed by atoms with Gasteiger partial charge in [-0.2, -0.15) is 5.10 Å². The van der Waals surface area contributed by atoms with Crippen molar-refractivity contribution in [1.29, 1.82) is 0 Å². The van der Waals surface area contributed by atoms with E-state index in [9.17, 15) is 8.42 Å². The summed E-state index contributed by atoms with van der Waals surface area (Å²) in [5.74, 6) is 0.481. The number of hydrogen-bond acceptors (Lipinski definition) is 6. The van der Waals surface area contributed by atoms with Crippen LogP contribution in [0.25, 0.3) is 0 Å². The standard InChI is InChI=1S/C11H17N5O2S2/c1-3-12-5-9-8(2)4-11(19-9)20(17,18)15-6-10-13-7-14-16-10/h4,7,12,15H,3,5-6H2,1-2H3,(H,13,14,16). The van der Waals surface area contributed by atoms with Crippen molar-refractivity contribution in [1.82, 2.24) is 25.2 Å². The van der Waals surface area contributed by atoms with E-state index >= 15 is 0 Å². The topological polar surface area (TPSA) is 99.8 Å². The molecular weight excluding hydrogens is 298 g/mol. The minimum Gasteiger partial charge on any atom is -0.312 e. The molecule has 0 aromatic carbocycles. The fourth-order valence-corrected chi connectivity index (χ4v) is 4.18. The number of aryl methyl sites for hydroxylation is 1. The first-order valence-corrected chi connectivity index (χ1v) is 8.47. The van der Waals surface area contributed by atoms with Gasteiger partial charge in [-0.3, -0.25) is 5.10 Å². The van der Waals surface area contributed by atoms with Gasteiger partial charge in [0.05, 0.1) is 6.54 Å². The van der Waals surface area contributed by atoms with Crippen LogP contribution in [0, 0.1) is 6.92 Å². The van der Waals surface area contributed by atoms with E-state index < -0.39 is 10.0 Å². The quantitative estimate of drug-likeness (QED) is 0.700. The molecule has 0 saturated carbocycles. The number of hydrogen-bond donors (Lipinski definition) is 3. The average Bonchev–Trinajstić information content (AvgIpc) is 3.04. The van der Waals surface area contributed by atoms with Crippen molar-refractivity contribution in [2.75, 3.05) is 6.54 Å². The van der Waals surface area contributed by atoms with Crippen LogP contribution in [0.5, 0.6) is 0 Å².